The van der Waals surface area contributed by atoms with E-state index < -0.39 is 0 Å². The predicted octanol–water partition coefficient (Wildman–Crippen LogP) is 2.14. The standard InChI is InChI=1S/C22H30N2O5/c1-4-6-16-13-18(14-19(27-2)20(16)28-3)22(26)24-8-5-7-17(15-24)21(25)23-9-11-29-12-10-23/h4,13-14,17H,1,5-12,15H2,2-3H3. The van der Waals surface area contributed by atoms with Gasteiger partial charge in [0.15, 0.2) is 11.5 Å². The zero-order valence-electron chi connectivity index (χ0n) is 17.3. The van der Waals surface area contributed by atoms with E-state index in [-0.39, 0.29) is 17.7 Å². The van der Waals surface area contributed by atoms with Gasteiger partial charge in [-0.3, -0.25) is 9.59 Å². The number of hydrogen-bond donors (Lipinski definition) is 0. The zero-order chi connectivity index (χ0) is 20.8. The van der Waals surface area contributed by atoms with E-state index in [9.17, 15) is 9.59 Å². The number of benzene rings is 1. The summed E-state index contributed by atoms with van der Waals surface area (Å²) in [5.74, 6) is 1.02. The summed E-state index contributed by atoms with van der Waals surface area (Å²) in [5, 5.41) is 0. The number of amides is 2. The summed E-state index contributed by atoms with van der Waals surface area (Å²) in [7, 11) is 3.14. The highest BCUT2D eigenvalue weighted by Gasteiger charge is 2.32. The Bertz CT molecular complexity index is 758. The van der Waals surface area contributed by atoms with Crippen LogP contribution < -0.4 is 9.47 Å². The summed E-state index contributed by atoms with van der Waals surface area (Å²) in [6.07, 6.45) is 3.97. The molecule has 29 heavy (non-hydrogen) atoms. The molecular formula is C22H30N2O5. The number of carbonyl (C=O) groups is 2. The molecule has 2 heterocycles. The van der Waals surface area contributed by atoms with E-state index in [0.717, 1.165) is 18.4 Å². The van der Waals surface area contributed by atoms with Gasteiger partial charge in [0, 0.05) is 37.3 Å². The number of likely N-dealkylation sites (tertiary alicyclic amines) is 1. The zero-order valence-corrected chi connectivity index (χ0v) is 17.3. The molecule has 0 aliphatic carbocycles. The monoisotopic (exact) mass is 402 g/mol. The molecule has 2 aliphatic rings. The van der Waals surface area contributed by atoms with Gasteiger partial charge < -0.3 is 24.0 Å². The van der Waals surface area contributed by atoms with Gasteiger partial charge in [0.25, 0.3) is 5.91 Å². The third kappa shape index (κ3) is 4.72. The van der Waals surface area contributed by atoms with Crippen LogP contribution >= 0.6 is 0 Å². The molecule has 3 rings (SSSR count). The van der Waals surface area contributed by atoms with E-state index in [4.69, 9.17) is 14.2 Å². The van der Waals surface area contributed by atoms with Crippen molar-refractivity contribution < 1.29 is 23.8 Å². The second-order valence-electron chi connectivity index (χ2n) is 7.39. The SMILES string of the molecule is C=CCc1cc(C(=O)N2CCCC(C(=O)N3CCOCC3)C2)cc(OC)c1OC. The van der Waals surface area contributed by atoms with Crippen molar-refractivity contribution in [1.82, 2.24) is 9.80 Å². The Morgan fingerprint density at radius 2 is 1.93 bits per heavy atom. The minimum absolute atomic E-state index is 0.0873. The Hall–Kier alpha value is -2.54. The topological polar surface area (TPSA) is 68.3 Å². The van der Waals surface area contributed by atoms with Crippen LogP contribution in [-0.2, 0) is 16.0 Å². The lowest BCUT2D eigenvalue weighted by Gasteiger charge is -2.36. The highest BCUT2D eigenvalue weighted by molar-refractivity contribution is 5.96. The molecular weight excluding hydrogens is 372 g/mol. The maximum absolute atomic E-state index is 13.2. The van der Waals surface area contributed by atoms with Crippen LogP contribution in [0.25, 0.3) is 0 Å². The highest BCUT2D eigenvalue weighted by Crippen LogP contribution is 2.34. The number of allylic oxidation sites excluding steroid dienone is 1. The minimum Gasteiger partial charge on any atom is -0.493 e. The second kappa shape index (κ2) is 9.78. The molecule has 1 atom stereocenters. The van der Waals surface area contributed by atoms with Crippen molar-refractivity contribution in [2.24, 2.45) is 5.92 Å². The Labute approximate surface area is 172 Å². The fourth-order valence-corrected chi connectivity index (χ4v) is 4.06. The molecule has 1 aromatic rings. The third-order valence-corrected chi connectivity index (χ3v) is 5.55. The molecule has 0 bridgehead atoms. The normalized spacial score (nSPS) is 19.6. The molecule has 7 heteroatoms. The van der Waals surface area contributed by atoms with Gasteiger partial charge in [-0.1, -0.05) is 6.08 Å². The van der Waals surface area contributed by atoms with Crippen LogP contribution in [0.2, 0.25) is 0 Å². The quantitative estimate of drug-likeness (QED) is 0.682. The van der Waals surface area contributed by atoms with Gasteiger partial charge in [-0.15, -0.1) is 6.58 Å². The van der Waals surface area contributed by atoms with E-state index in [0.29, 0.717) is 62.9 Å². The smallest absolute Gasteiger partial charge is 0.254 e. The lowest BCUT2D eigenvalue weighted by molar-refractivity contribution is -0.141. The first-order valence-corrected chi connectivity index (χ1v) is 10.1. The molecule has 2 fully saturated rings. The van der Waals surface area contributed by atoms with Crippen molar-refractivity contribution in [3.05, 3.63) is 35.9 Å². The van der Waals surface area contributed by atoms with Crippen LogP contribution in [0.1, 0.15) is 28.8 Å². The van der Waals surface area contributed by atoms with Crippen molar-refractivity contribution in [2.45, 2.75) is 19.3 Å². The Morgan fingerprint density at radius 1 is 1.17 bits per heavy atom. The summed E-state index contributed by atoms with van der Waals surface area (Å²) in [4.78, 5) is 29.7. The Balaban J connectivity index is 1.77. The van der Waals surface area contributed by atoms with Crippen molar-refractivity contribution in [1.29, 1.82) is 0 Å². The Kier molecular flexibility index (Phi) is 7.14. The molecule has 0 saturated carbocycles. The first-order valence-electron chi connectivity index (χ1n) is 10.1. The number of nitrogens with zero attached hydrogens (tertiary/aromatic N) is 2. The first kappa shape index (κ1) is 21.2. The molecule has 0 aromatic heterocycles. The van der Waals surface area contributed by atoms with Crippen LogP contribution in [0.5, 0.6) is 11.5 Å². The highest BCUT2D eigenvalue weighted by atomic mass is 16.5. The molecule has 0 N–H and O–H groups in total. The number of morpholine rings is 1. The lowest BCUT2D eigenvalue weighted by atomic mass is 9.95. The lowest BCUT2D eigenvalue weighted by Crippen LogP contribution is -2.49. The predicted molar refractivity (Wildman–Crippen MR) is 109 cm³/mol. The van der Waals surface area contributed by atoms with Gasteiger partial charge in [0.05, 0.1) is 33.4 Å². The fraction of sp³-hybridized carbons (Fsp3) is 0.545. The van der Waals surface area contributed by atoms with Crippen LogP contribution in [-0.4, -0.2) is 75.2 Å². The number of piperidine rings is 1. The van der Waals surface area contributed by atoms with Crippen molar-refractivity contribution >= 4 is 11.8 Å². The summed E-state index contributed by atoms with van der Waals surface area (Å²) >= 11 is 0. The van der Waals surface area contributed by atoms with Gasteiger partial charge in [-0.25, -0.2) is 0 Å². The average Bonchev–Trinajstić information content (AvgIpc) is 2.78. The average molecular weight is 402 g/mol. The first-order chi connectivity index (χ1) is 14.1. The number of hydrogen-bond acceptors (Lipinski definition) is 5. The van der Waals surface area contributed by atoms with E-state index >= 15 is 0 Å². The summed E-state index contributed by atoms with van der Waals surface area (Å²) in [6, 6.07) is 3.54. The summed E-state index contributed by atoms with van der Waals surface area (Å²) < 4.78 is 16.2. The fourth-order valence-electron chi connectivity index (χ4n) is 4.06. The molecule has 2 aliphatic heterocycles. The summed E-state index contributed by atoms with van der Waals surface area (Å²) in [6.45, 7) is 7.30. The molecule has 1 aromatic carbocycles. The number of methoxy groups -OCH3 is 2. The number of rotatable bonds is 6. The largest absolute Gasteiger partial charge is 0.493 e. The van der Waals surface area contributed by atoms with Gasteiger partial charge in [-0.2, -0.15) is 0 Å². The molecule has 1 unspecified atom stereocenters. The maximum Gasteiger partial charge on any atom is 0.254 e. The summed E-state index contributed by atoms with van der Waals surface area (Å²) in [5.41, 5.74) is 1.39. The van der Waals surface area contributed by atoms with Crippen LogP contribution in [0.4, 0.5) is 0 Å². The molecule has 7 nitrogen and oxygen atoms in total. The van der Waals surface area contributed by atoms with Crippen molar-refractivity contribution in [2.75, 3.05) is 53.6 Å². The molecule has 0 spiro atoms. The van der Waals surface area contributed by atoms with Crippen LogP contribution in [0, 0.1) is 5.92 Å². The third-order valence-electron chi connectivity index (χ3n) is 5.55. The van der Waals surface area contributed by atoms with Crippen molar-refractivity contribution in [3.8, 4) is 11.5 Å². The van der Waals surface area contributed by atoms with Gasteiger partial charge in [0.2, 0.25) is 5.91 Å². The molecule has 2 amide bonds. The van der Waals surface area contributed by atoms with E-state index in [1.54, 1.807) is 31.3 Å². The maximum atomic E-state index is 13.2. The van der Waals surface area contributed by atoms with Crippen LogP contribution in [0.15, 0.2) is 24.8 Å². The van der Waals surface area contributed by atoms with Gasteiger partial charge in [0.1, 0.15) is 0 Å². The molecule has 0 radical (unpaired) electrons. The van der Waals surface area contributed by atoms with E-state index in [2.05, 4.69) is 6.58 Å². The van der Waals surface area contributed by atoms with Crippen LogP contribution in [0.3, 0.4) is 0 Å². The van der Waals surface area contributed by atoms with E-state index in [1.165, 1.54) is 0 Å². The van der Waals surface area contributed by atoms with Gasteiger partial charge >= 0.3 is 0 Å². The molecule has 158 valence electrons. The molecule has 2 saturated heterocycles. The second-order valence-corrected chi connectivity index (χ2v) is 7.39. The minimum atomic E-state index is -0.154. The van der Waals surface area contributed by atoms with Crippen molar-refractivity contribution in [3.63, 3.8) is 0 Å². The Morgan fingerprint density at radius 3 is 2.59 bits per heavy atom. The van der Waals surface area contributed by atoms with E-state index in [1.807, 2.05) is 11.0 Å². The number of ether oxygens (including phenoxy) is 3. The van der Waals surface area contributed by atoms with Gasteiger partial charge in [-0.05, 0) is 31.4 Å². The number of carbonyl (C=O) groups excluding carboxylic acids is 2.